The summed E-state index contributed by atoms with van der Waals surface area (Å²) >= 11 is 7.31. The zero-order valence-corrected chi connectivity index (χ0v) is 14.6. The predicted molar refractivity (Wildman–Crippen MR) is 101 cm³/mol. The Hall–Kier alpha value is -2.87. The predicted octanol–water partition coefficient (Wildman–Crippen LogP) is 5.68. The van der Waals surface area contributed by atoms with E-state index in [1.165, 1.54) is 11.3 Å². The number of allylic oxidation sites excluding steroid dienone is 1. The summed E-state index contributed by atoms with van der Waals surface area (Å²) < 4.78 is 5.31. The number of hydrogen-bond acceptors (Lipinski definition) is 4. The zero-order chi connectivity index (χ0) is 17.6. The second kappa shape index (κ2) is 7.80. The Kier molecular flexibility index (Phi) is 5.30. The molecule has 0 radical (unpaired) electrons. The molecule has 0 N–H and O–H groups in total. The first-order chi connectivity index (χ1) is 12.2. The molecular weight excluding hydrogens is 354 g/mol. The van der Waals surface area contributed by atoms with Crippen LogP contribution in [0, 0.1) is 11.3 Å². The Morgan fingerprint density at radius 1 is 1.12 bits per heavy atom. The third kappa shape index (κ3) is 4.36. The molecule has 3 nitrogen and oxygen atoms in total. The van der Waals surface area contributed by atoms with Crippen molar-refractivity contribution in [3.63, 3.8) is 0 Å². The van der Waals surface area contributed by atoms with E-state index in [-0.39, 0.29) is 5.97 Å². The maximum absolute atomic E-state index is 11.9. The minimum atomic E-state index is -0.380. The molecule has 0 bridgehead atoms. The lowest BCUT2D eigenvalue weighted by Gasteiger charge is -2.04. The van der Waals surface area contributed by atoms with Gasteiger partial charge in [0.15, 0.2) is 0 Å². The molecule has 0 saturated carbocycles. The van der Waals surface area contributed by atoms with Gasteiger partial charge in [-0.3, -0.25) is 0 Å². The number of benzene rings is 2. The lowest BCUT2D eigenvalue weighted by Crippen LogP contribution is -2.05. The van der Waals surface area contributed by atoms with Crippen LogP contribution in [0.3, 0.4) is 0 Å². The van der Waals surface area contributed by atoms with Gasteiger partial charge in [0, 0.05) is 5.02 Å². The molecule has 25 heavy (non-hydrogen) atoms. The highest BCUT2D eigenvalue weighted by molar-refractivity contribution is 7.12. The molecule has 0 amide bonds. The minimum Gasteiger partial charge on any atom is -0.422 e. The van der Waals surface area contributed by atoms with Gasteiger partial charge in [0.05, 0.1) is 11.6 Å². The van der Waals surface area contributed by atoms with E-state index in [0.29, 0.717) is 21.2 Å². The molecule has 3 rings (SSSR count). The molecule has 0 fully saturated rings. The number of esters is 1. The van der Waals surface area contributed by atoms with Gasteiger partial charge in [-0.25, -0.2) is 4.79 Å². The molecule has 0 aliphatic rings. The summed E-state index contributed by atoms with van der Waals surface area (Å²) in [6, 6.07) is 19.8. The normalized spacial score (nSPS) is 11.0. The first kappa shape index (κ1) is 17.0. The van der Waals surface area contributed by atoms with Crippen LogP contribution in [-0.2, 0) is 0 Å². The van der Waals surface area contributed by atoms with Crippen LogP contribution in [0.1, 0.15) is 20.8 Å². The smallest absolute Gasteiger partial charge is 0.353 e. The van der Waals surface area contributed by atoms with E-state index in [1.807, 2.05) is 11.4 Å². The lowest BCUT2D eigenvalue weighted by molar-refractivity contribution is 0.0740. The zero-order valence-electron chi connectivity index (χ0n) is 13.0. The summed E-state index contributed by atoms with van der Waals surface area (Å²) in [5.41, 5.74) is 2.08. The van der Waals surface area contributed by atoms with E-state index in [9.17, 15) is 10.1 Å². The average molecular weight is 366 g/mol. The Labute approximate surface area is 154 Å². The molecule has 0 aliphatic heterocycles. The van der Waals surface area contributed by atoms with E-state index in [1.54, 1.807) is 60.7 Å². The van der Waals surface area contributed by atoms with Crippen LogP contribution < -0.4 is 4.74 Å². The number of rotatable bonds is 4. The lowest BCUT2D eigenvalue weighted by atomic mass is 10.0. The summed E-state index contributed by atoms with van der Waals surface area (Å²) in [7, 11) is 0. The highest BCUT2D eigenvalue weighted by Gasteiger charge is 2.09. The first-order valence-electron chi connectivity index (χ1n) is 7.39. The third-order valence-corrected chi connectivity index (χ3v) is 4.47. The fourth-order valence-corrected chi connectivity index (χ4v) is 2.98. The molecule has 5 heteroatoms. The quantitative estimate of drug-likeness (QED) is 0.258. The minimum absolute atomic E-state index is 0.380. The number of thiophene rings is 1. The van der Waals surface area contributed by atoms with E-state index >= 15 is 0 Å². The molecule has 0 atom stereocenters. The summed E-state index contributed by atoms with van der Waals surface area (Å²) in [5, 5.41) is 11.8. The molecule has 0 unspecified atom stereocenters. The van der Waals surface area contributed by atoms with Crippen molar-refractivity contribution in [1.29, 1.82) is 5.26 Å². The van der Waals surface area contributed by atoms with E-state index in [2.05, 4.69) is 6.07 Å². The topological polar surface area (TPSA) is 50.1 Å². The molecule has 2 aromatic carbocycles. The Bertz CT molecular complexity index is 954. The van der Waals surface area contributed by atoms with E-state index < -0.39 is 0 Å². The molecule has 0 saturated heterocycles. The number of carbonyl (C=O) groups is 1. The number of hydrogen-bond donors (Lipinski definition) is 0. The van der Waals surface area contributed by atoms with Gasteiger partial charge >= 0.3 is 5.97 Å². The molecule has 3 aromatic rings. The van der Waals surface area contributed by atoms with Crippen molar-refractivity contribution in [3.8, 4) is 11.8 Å². The van der Waals surface area contributed by atoms with Gasteiger partial charge in [0.1, 0.15) is 10.6 Å². The van der Waals surface area contributed by atoms with Crippen molar-refractivity contribution in [1.82, 2.24) is 0 Å². The van der Waals surface area contributed by atoms with Crippen LogP contribution in [0.5, 0.6) is 5.75 Å². The third-order valence-electron chi connectivity index (χ3n) is 3.38. The van der Waals surface area contributed by atoms with Crippen molar-refractivity contribution in [2.24, 2.45) is 0 Å². The first-order valence-corrected chi connectivity index (χ1v) is 8.65. The molecule has 1 heterocycles. The van der Waals surface area contributed by atoms with Gasteiger partial charge in [-0.15, -0.1) is 11.3 Å². The molecule has 1 aromatic heterocycles. The van der Waals surface area contributed by atoms with Crippen molar-refractivity contribution >= 4 is 40.6 Å². The highest BCUT2D eigenvalue weighted by atomic mass is 35.5. The van der Waals surface area contributed by atoms with Gasteiger partial charge < -0.3 is 4.74 Å². The summed E-state index contributed by atoms with van der Waals surface area (Å²) in [6.45, 7) is 0. The van der Waals surface area contributed by atoms with Gasteiger partial charge in [0.25, 0.3) is 0 Å². The van der Waals surface area contributed by atoms with Crippen molar-refractivity contribution in [3.05, 3.63) is 87.1 Å². The Morgan fingerprint density at radius 3 is 2.56 bits per heavy atom. The van der Waals surface area contributed by atoms with Crippen molar-refractivity contribution in [2.45, 2.75) is 0 Å². The Morgan fingerprint density at radius 2 is 1.92 bits per heavy atom. The monoisotopic (exact) mass is 365 g/mol. The highest BCUT2D eigenvalue weighted by Crippen LogP contribution is 2.22. The molecular formula is C20H12ClNO2S. The second-order valence-electron chi connectivity index (χ2n) is 5.12. The summed E-state index contributed by atoms with van der Waals surface area (Å²) in [5.74, 6) is 0.0757. The molecule has 0 spiro atoms. The summed E-state index contributed by atoms with van der Waals surface area (Å²) in [6.07, 6.45) is 1.76. The number of carbonyl (C=O) groups excluding carboxylic acids is 1. The fraction of sp³-hybridized carbons (Fsp3) is 0. The maximum atomic E-state index is 11.9. The largest absolute Gasteiger partial charge is 0.422 e. The Balaban J connectivity index is 1.77. The average Bonchev–Trinajstić information content (AvgIpc) is 3.16. The van der Waals surface area contributed by atoms with Crippen molar-refractivity contribution < 1.29 is 9.53 Å². The van der Waals surface area contributed by atoms with Crippen LogP contribution in [-0.4, -0.2) is 5.97 Å². The van der Waals surface area contributed by atoms with Gasteiger partial charge in [0.2, 0.25) is 0 Å². The summed E-state index contributed by atoms with van der Waals surface area (Å²) in [4.78, 5) is 12.5. The van der Waals surface area contributed by atoms with E-state index in [0.717, 1.165) is 11.1 Å². The van der Waals surface area contributed by atoms with Crippen molar-refractivity contribution in [2.75, 3.05) is 0 Å². The van der Waals surface area contributed by atoms with Gasteiger partial charge in [-0.05, 0) is 52.9 Å². The SMILES string of the molecule is N#C/C(=C/c1ccc(OC(=O)c2cccs2)cc1)c1cccc(Cl)c1. The number of nitrogens with zero attached hydrogens (tertiary/aromatic N) is 1. The second-order valence-corrected chi connectivity index (χ2v) is 6.50. The molecule has 0 aliphatic carbocycles. The maximum Gasteiger partial charge on any atom is 0.353 e. The van der Waals surface area contributed by atoms with E-state index in [4.69, 9.17) is 16.3 Å². The van der Waals surface area contributed by atoms with Crippen LogP contribution in [0.15, 0.2) is 66.0 Å². The van der Waals surface area contributed by atoms with Gasteiger partial charge in [-0.2, -0.15) is 5.26 Å². The van der Waals surface area contributed by atoms with Gasteiger partial charge in [-0.1, -0.05) is 41.9 Å². The van der Waals surface area contributed by atoms with Crippen LogP contribution in [0.2, 0.25) is 5.02 Å². The molecule has 122 valence electrons. The number of ether oxygens (including phenoxy) is 1. The van der Waals surface area contributed by atoms with Crippen LogP contribution >= 0.6 is 22.9 Å². The van der Waals surface area contributed by atoms with Crippen LogP contribution in [0.25, 0.3) is 11.6 Å². The van der Waals surface area contributed by atoms with Crippen LogP contribution in [0.4, 0.5) is 0 Å². The fourth-order valence-electron chi connectivity index (χ4n) is 2.19. The number of nitriles is 1. The standard InChI is InChI=1S/C20H12ClNO2S/c21-17-4-1-3-15(12-17)16(13-22)11-14-6-8-18(9-7-14)24-20(23)19-5-2-10-25-19/h1-12H/b16-11-. The number of halogens is 1.